The predicted octanol–water partition coefficient (Wildman–Crippen LogP) is 1.13. The molecule has 1 atom stereocenters. The van der Waals surface area contributed by atoms with Gasteiger partial charge >= 0.3 is 0 Å². The molecule has 2 rings (SSSR count). The summed E-state index contributed by atoms with van der Waals surface area (Å²) in [4.78, 5) is 24.4. The zero-order valence-corrected chi connectivity index (χ0v) is 11.8. The molecule has 0 saturated carbocycles. The number of nitrogens with two attached hydrogens (primary N) is 1. The van der Waals surface area contributed by atoms with Crippen molar-refractivity contribution >= 4 is 11.6 Å². The van der Waals surface area contributed by atoms with Crippen LogP contribution in [0.25, 0.3) is 0 Å². The summed E-state index contributed by atoms with van der Waals surface area (Å²) in [5.74, 6) is 0.297. The van der Waals surface area contributed by atoms with Crippen LogP contribution in [0.1, 0.15) is 30.3 Å². The fraction of sp³-hybridized carbons (Fsp3) is 0.615. The van der Waals surface area contributed by atoms with Gasteiger partial charge in [0.05, 0.1) is 11.1 Å². The van der Waals surface area contributed by atoms with Crippen molar-refractivity contribution in [3.8, 4) is 0 Å². The minimum absolute atomic E-state index is 0.0543. The van der Waals surface area contributed by atoms with Crippen molar-refractivity contribution in [1.29, 1.82) is 0 Å². The molecule has 1 fully saturated rings. The standard InChI is InChI=1S/C13H20N4O3/c1-9(14)10-3-5-16(6-4-10)13(18)12-7-11(17(19)20)8-15(12)2/h7-10H,3-6,14H2,1-2H3. The van der Waals surface area contributed by atoms with Crippen molar-refractivity contribution in [2.75, 3.05) is 13.1 Å². The molecule has 0 spiro atoms. The van der Waals surface area contributed by atoms with Crippen molar-refractivity contribution in [2.24, 2.45) is 18.7 Å². The fourth-order valence-electron chi connectivity index (χ4n) is 2.65. The zero-order valence-electron chi connectivity index (χ0n) is 11.8. The van der Waals surface area contributed by atoms with Gasteiger partial charge in [-0.2, -0.15) is 0 Å². The maximum atomic E-state index is 12.4. The lowest BCUT2D eigenvalue weighted by atomic mass is 9.91. The van der Waals surface area contributed by atoms with Gasteiger partial charge in [0.2, 0.25) is 0 Å². The molecule has 0 aliphatic carbocycles. The number of piperidine rings is 1. The van der Waals surface area contributed by atoms with Crippen LogP contribution in [-0.4, -0.2) is 39.4 Å². The molecule has 1 aromatic heterocycles. The Hall–Kier alpha value is -1.89. The van der Waals surface area contributed by atoms with E-state index in [9.17, 15) is 14.9 Å². The number of aromatic nitrogens is 1. The van der Waals surface area contributed by atoms with Crippen LogP contribution in [0.5, 0.6) is 0 Å². The Bertz CT molecular complexity index is 516. The second kappa shape index (κ2) is 5.62. The van der Waals surface area contributed by atoms with E-state index in [0.29, 0.717) is 24.7 Å². The third kappa shape index (κ3) is 2.82. The van der Waals surface area contributed by atoms with Gasteiger partial charge in [-0.15, -0.1) is 0 Å². The average molecular weight is 280 g/mol. The topological polar surface area (TPSA) is 94.4 Å². The molecule has 0 aromatic carbocycles. The van der Waals surface area contributed by atoms with E-state index < -0.39 is 4.92 Å². The zero-order chi connectivity index (χ0) is 14.9. The Balaban J connectivity index is 2.07. The molecule has 1 unspecified atom stereocenters. The quantitative estimate of drug-likeness (QED) is 0.663. The first-order valence-corrected chi connectivity index (χ1v) is 6.75. The molecular weight excluding hydrogens is 260 g/mol. The highest BCUT2D eigenvalue weighted by Gasteiger charge is 2.27. The van der Waals surface area contributed by atoms with Gasteiger partial charge in [0.1, 0.15) is 5.69 Å². The van der Waals surface area contributed by atoms with Crippen molar-refractivity contribution in [3.63, 3.8) is 0 Å². The molecular formula is C13H20N4O3. The molecule has 7 heteroatoms. The Morgan fingerprint density at radius 3 is 2.55 bits per heavy atom. The molecule has 1 saturated heterocycles. The van der Waals surface area contributed by atoms with E-state index >= 15 is 0 Å². The number of hydrogen-bond donors (Lipinski definition) is 1. The minimum atomic E-state index is -0.487. The van der Waals surface area contributed by atoms with E-state index in [1.807, 2.05) is 6.92 Å². The third-order valence-corrected chi connectivity index (χ3v) is 3.99. The van der Waals surface area contributed by atoms with Gasteiger partial charge in [-0.25, -0.2) is 0 Å². The monoisotopic (exact) mass is 280 g/mol. The summed E-state index contributed by atoms with van der Waals surface area (Å²) in [6.07, 6.45) is 3.13. The second-order valence-corrected chi connectivity index (χ2v) is 5.44. The van der Waals surface area contributed by atoms with Crippen LogP contribution in [0.2, 0.25) is 0 Å². The van der Waals surface area contributed by atoms with Crippen LogP contribution in [0, 0.1) is 16.0 Å². The van der Waals surface area contributed by atoms with Gasteiger partial charge in [-0.05, 0) is 25.7 Å². The lowest BCUT2D eigenvalue weighted by molar-refractivity contribution is -0.384. The summed E-state index contributed by atoms with van der Waals surface area (Å²) in [5.41, 5.74) is 6.18. The van der Waals surface area contributed by atoms with E-state index in [1.165, 1.54) is 16.8 Å². The molecule has 0 bridgehead atoms. The maximum Gasteiger partial charge on any atom is 0.287 e. The number of rotatable bonds is 3. The lowest BCUT2D eigenvalue weighted by Crippen LogP contribution is -2.43. The Morgan fingerprint density at radius 2 is 2.10 bits per heavy atom. The van der Waals surface area contributed by atoms with Crippen molar-refractivity contribution < 1.29 is 9.72 Å². The molecule has 2 N–H and O–H groups in total. The number of aryl methyl sites for hydroxylation is 1. The predicted molar refractivity (Wildman–Crippen MR) is 74.3 cm³/mol. The molecule has 1 aromatic rings. The first kappa shape index (κ1) is 14.5. The largest absolute Gasteiger partial charge is 0.340 e. The van der Waals surface area contributed by atoms with Gasteiger partial charge < -0.3 is 15.2 Å². The molecule has 1 aliphatic rings. The van der Waals surface area contributed by atoms with E-state index in [4.69, 9.17) is 5.73 Å². The number of likely N-dealkylation sites (tertiary alicyclic amines) is 1. The van der Waals surface area contributed by atoms with Gasteiger partial charge in [0.15, 0.2) is 0 Å². The summed E-state index contributed by atoms with van der Waals surface area (Å²) in [5, 5.41) is 10.7. The van der Waals surface area contributed by atoms with Crippen molar-refractivity contribution in [3.05, 3.63) is 28.1 Å². The second-order valence-electron chi connectivity index (χ2n) is 5.44. The van der Waals surface area contributed by atoms with E-state index in [2.05, 4.69) is 0 Å². The number of carbonyl (C=O) groups is 1. The molecule has 7 nitrogen and oxygen atoms in total. The number of amides is 1. The van der Waals surface area contributed by atoms with Gasteiger partial charge in [-0.3, -0.25) is 14.9 Å². The molecule has 2 heterocycles. The highest BCUT2D eigenvalue weighted by molar-refractivity contribution is 5.93. The molecule has 1 aliphatic heterocycles. The van der Waals surface area contributed by atoms with Crippen LogP contribution in [0.15, 0.2) is 12.3 Å². The Kier molecular flexibility index (Phi) is 4.08. The number of nitro groups is 1. The van der Waals surface area contributed by atoms with Crippen LogP contribution >= 0.6 is 0 Å². The van der Waals surface area contributed by atoms with Crippen LogP contribution in [0.3, 0.4) is 0 Å². The molecule has 0 radical (unpaired) electrons. The van der Waals surface area contributed by atoms with Crippen molar-refractivity contribution in [2.45, 2.75) is 25.8 Å². The Labute approximate surface area is 117 Å². The first-order valence-electron chi connectivity index (χ1n) is 6.75. The van der Waals surface area contributed by atoms with Gasteiger partial charge in [0, 0.05) is 32.2 Å². The third-order valence-electron chi connectivity index (χ3n) is 3.99. The SMILES string of the molecule is CC(N)C1CCN(C(=O)c2cc([N+](=O)[O-])cn2C)CC1. The van der Waals surface area contributed by atoms with Crippen LogP contribution in [0.4, 0.5) is 5.69 Å². The highest BCUT2D eigenvalue weighted by Crippen LogP contribution is 2.22. The van der Waals surface area contributed by atoms with E-state index in [-0.39, 0.29) is 17.6 Å². The van der Waals surface area contributed by atoms with Gasteiger partial charge in [-0.1, -0.05) is 0 Å². The molecule has 1 amide bonds. The lowest BCUT2D eigenvalue weighted by Gasteiger charge is -2.33. The summed E-state index contributed by atoms with van der Waals surface area (Å²) >= 11 is 0. The summed E-state index contributed by atoms with van der Waals surface area (Å²) in [6, 6.07) is 1.48. The number of nitrogens with zero attached hydrogens (tertiary/aromatic N) is 3. The van der Waals surface area contributed by atoms with Crippen LogP contribution < -0.4 is 5.73 Å². The Morgan fingerprint density at radius 1 is 1.50 bits per heavy atom. The summed E-state index contributed by atoms with van der Waals surface area (Å²) < 4.78 is 1.51. The average Bonchev–Trinajstić information content (AvgIpc) is 2.80. The van der Waals surface area contributed by atoms with Gasteiger partial charge in [0.25, 0.3) is 11.6 Å². The van der Waals surface area contributed by atoms with Crippen molar-refractivity contribution in [1.82, 2.24) is 9.47 Å². The van der Waals surface area contributed by atoms with E-state index in [0.717, 1.165) is 12.8 Å². The fourth-order valence-corrected chi connectivity index (χ4v) is 2.65. The summed E-state index contributed by atoms with van der Waals surface area (Å²) in [7, 11) is 1.65. The normalized spacial score (nSPS) is 18.1. The first-order chi connectivity index (χ1) is 9.40. The highest BCUT2D eigenvalue weighted by atomic mass is 16.6. The number of hydrogen-bond acceptors (Lipinski definition) is 4. The number of carbonyl (C=O) groups excluding carboxylic acids is 1. The summed E-state index contributed by atoms with van der Waals surface area (Å²) in [6.45, 7) is 3.30. The van der Waals surface area contributed by atoms with Crippen LogP contribution in [-0.2, 0) is 7.05 Å². The maximum absolute atomic E-state index is 12.4. The molecule has 110 valence electrons. The smallest absolute Gasteiger partial charge is 0.287 e. The van der Waals surface area contributed by atoms with E-state index in [1.54, 1.807) is 11.9 Å². The molecule has 20 heavy (non-hydrogen) atoms. The minimum Gasteiger partial charge on any atom is -0.340 e.